The summed E-state index contributed by atoms with van der Waals surface area (Å²) in [5.74, 6) is 0.0179. The molecule has 0 saturated heterocycles. The van der Waals surface area contributed by atoms with Crippen molar-refractivity contribution in [2.75, 3.05) is 65.9 Å². The van der Waals surface area contributed by atoms with Gasteiger partial charge in [-0.05, 0) is 62.1 Å². The number of hydrogen-bond acceptors (Lipinski definition) is 10. The van der Waals surface area contributed by atoms with Crippen LogP contribution in [0.3, 0.4) is 0 Å². The van der Waals surface area contributed by atoms with Crippen molar-refractivity contribution in [2.24, 2.45) is 0 Å². The minimum atomic E-state index is -0.732. The van der Waals surface area contributed by atoms with E-state index in [2.05, 4.69) is 10.6 Å². The van der Waals surface area contributed by atoms with E-state index in [0.29, 0.717) is 60.4 Å². The van der Waals surface area contributed by atoms with E-state index in [9.17, 15) is 19.2 Å². The molecule has 2 aromatic rings. The van der Waals surface area contributed by atoms with E-state index in [1.807, 2.05) is 0 Å². The van der Waals surface area contributed by atoms with Gasteiger partial charge in [-0.1, -0.05) is 77.0 Å². The van der Waals surface area contributed by atoms with Gasteiger partial charge in [-0.25, -0.2) is 0 Å². The van der Waals surface area contributed by atoms with Gasteiger partial charge in [-0.15, -0.1) is 0 Å². The smallest absolute Gasteiger partial charge is 0.303 e. The highest BCUT2D eigenvalue weighted by Crippen LogP contribution is 2.30. The number of nitrogens with one attached hydrogen (secondary N) is 2. The first-order valence-corrected chi connectivity index (χ1v) is 21.3. The lowest BCUT2D eigenvalue weighted by molar-refractivity contribution is -0.138. The Kier molecular flexibility index (Phi) is 25.2. The summed E-state index contributed by atoms with van der Waals surface area (Å²) in [7, 11) is 0. The Hall–Kier alpha value is -4.56. The molecule has 324 valence electrons. The van der Waals surface area contributed by atoms with Gasteiger partial charge in [-0.2, -0.15) is 0 Å². The van der Waals surface area contributed by atoms with Gasteiger partial charge in [0.1, 0.15) is 26.4 Å². The maximum absolute atomic E-state index is 12.9. The van der Waals surface area contributed by atoms with Crippen molar-refractivity contribution < 1.29 is 57.8 Å². The molecule has 2 aromatic carbocycles. The van der Waals surface area contributed by atoms with Gasteiger partial charge in [0.15, 0.2) is 23.0 Å². The standard InChI is InChI=1S/C44H66N2O12/c47-41(48)17-13-9-5-1-3-7-11-15-23-45-43(51)35-19-21-37-39(33-35)57-31-27-54-28-32-58-40-34-36(20-22-38(40)56-30-26-53-25-29-55-37)44(52)46-24-16-12-8-4-2-6-10-14-18-42(49)50/h19-22,33-34H,1-18,23-32H2,(H,45,51)(H,46,52)(H,47,48)(H,49,50). The molecule has 1 aliphatic heterocycles. The van der Waals surface area contributed by atoms with E-state index in [1.165, 1.54) is 0 Å². The summed E-state index contributed by atoms with van der Waals surface area (Å²) in [4.78, 5) is 47.1. The summed E-state index contributed by atoms with van der Waals surface area (Å²) < 4.78 is 35.4. The molecule has 0 fully saturated rings. The maximum Gasteiger partial charge on any atom is 0.303 e. The van der Waals surface area contributed by atoms with Crippen LogP contribution in [0.25, 0.3) is 0 Å². The largest absolute Gasteiger partial charge is 0.487 e. The van der Waals surface area contributed by atoms with Gasteiger partial charge in [0.05, 0.1) is 26.4 Å². The number of benzene rings is 2. The number of hydrogen-bond donors (Lipinski definition) is 4. The van der Waals surface area contributed by atoms with Crippen molar-refractivity contribution in [2.45, 2.75) is 116 Å². The zero-order valence-electron chi connectivity index (χ0n) is 34.2. The van der Waals surface area contributed by atoms with Crippen LogP contribution in [-0.4, -0.2) is 99.9 Å². The van der Waals surface area contributed by atoms with Crippen molar-refractivity contribution in [3.63, 3.8) is 0 Å². The number of carbonyl (C=O) groups is 4. The zero-order chi connectivity index (χ0) is 41.5. The molecule has 14 heteroatoms. The van der Waals surface area contributed by atoms with Crippen molar-refractivity contribution in [1.29, 1.82) is 0 Å². The maximum atomic E-state index is 12.9. The fourth-order valence-electron chi connectivity index (χ4n) is 6.34. The molecule has 1 heterocycles. The number of amides is 2. The normalized spacial score (nSPS) is 13.8. The fourth-order valence-corrected chi connectivity index (χ4v) is 6.34. The number of carboxylic acids is 2. The summed E-state index contributed by atoms with van der Waals surface area (Å²) in [5, 5.41) is 23.4. The van der Waals surface area contributed by atoms with Gasteiger partial charge < -0.3 is 49.3 Å². The highest BCUT2D eigenvalue weighted by molar-refractivity contribution is 5.95. The molecule has 0 aliphatic carbocycles. The topological polar surface area (TPSA) is 188 Å². The Labute approximate surface area is 343 Å². The molecule has 1 aliphatic rings. The van der Waals surface area contributed by atoms with E-state index in [0.717, 1.165) is 103 Å². The highest BCUT2D eigenvalue weighted by atomic mass is 16.6. The highest BCUT2D eigenvalue weighted by Gasteiger charge is 2.15. The summed E-state index contributed by atoms with van der Waals surface area (Å²) >= 11 is 0. The molecule has 2 amide bonds. The molecule has 0 saturated carbocycles. The summed E-state index contributed by atoms with van der Waals surface area (Å²) in [5.41, 5.74) is 0.935. The third kappa shape index (κ3) is 21.8. The van der Waals surface area contributed by atoms with E-state index in [4.69, 9.17) is 38.6 Å². The molecule has 0 spiro atoms. The number of carboxylic acid groups (broad SMARTS) is 2. The molecule has 4 N–H and O–H groups in total. The van der Waals surface area contributed by atoms with Crippen LogP contribution in [0.4, 0.5) is 0 Å². The zero-order valence-corrected chi connectivity index (χ0v) is 34.2. The quantitative estimate of drug-likeness (QED) is 0.0762. The fraction of sp³-hybridized carbons (Fsp3) is 0.636. The first-order valence-electron chi connectivity index (χ1n) is 21.3. The summed E-state index contributed by atoms with van der Waals surface area (Å²) in [6, 6.07) is 10.2. The number of rotatable bonds is 24. The molecular formula is C44H66N2O12. The van der Waals surface area contributed by atoms with Gasteiger partial charge in [0.2, 0.25) is 0 Å². The lowest BCUT2D eigenvalue weighted by atomic mass is 10.1. The number of aliphatic carboxylic acids is 2. The third-order valence-corrected chi connectivity index (χ3v) is 9.56. The lowest BCUT2D eigenvalue weighted by Crippen LogP contribution is -2.24. The summed E-state index contributed by atoms with van der Waals surface area (Å²) in [6.07, 6.45) is 16.4. The van der Waals surface area contributed by atoms with Gasteiger partial charge in [-0.3, -0.25) is 19.2 Å². The number of carbonyl (C=O) groups excluding carboxylic acids is 2. The van der Waals surface area contributed by atoms with Crippen LogP contribution in [0.5, 0.6) is 23.0 Å². The lowest BCUT2D eigenvalue weighted by Gasteiger charge is -2.16. The minimum absolute atomic E-state index is 0.187. The first kappa shape index (κ1) is 47.8. The van der Waals surface area contributed by atoms with Crippen LogP contribution in [0, 0.1) is 0 Å². The average Bonchev–Trinajstić information content (AvgIpc) is 3.21. The molecule has 0 unspecified atom stereocenters. The molecule has 0 aromatic heterocycles. The molecule has 3 rings (SSSR count). The average molecular weight is 815 g/mol. The van der Waals surface area contributed by atoms with Crippen LogP contribution >= 0.6 is 0 Å². The predicted octanol–water partition coefficient (Wildman–Crippen LogP) is 7.60. The number of unbranched alkanes of at least 4 members (excludes halogenated alkanes) is 14. The second kappa shape index (κ2) is 30.5. The van der Waals surface area contributed by atoms with Crippen molar-refractivity contribution >= 4 is 23.8 Å². The van der Waals surface area contributed by atoms with Crippen molar-refractivity contribution in [1.82, 2.24) is 10.6 Å². The summed E-state index contributed by atoms with van der Waals surface area (Å²) in [6.45, 7) is 3.24. The van der Waals surface area contributed by atoms with Crippen LogP contribution in [0.15, 0.2) is 36.4 Å². The van der Waals surface area contributed by atoms with Crippen LogP contribution < -0.4 is 29.6 Å². The molecule has 14 nitrogen and oxygen atoms in total. The Balaban J connectivity index is 1.39. The minimum Gasteiger partial charge on any atom is -0.487 e. The van der Waals surface area contributed by atoms with E-state index in [1.54, 1.807) is 36.4 Å². The molecular weight excluding hydrogens is 748 g/mol. The Bertz CT molecular complexity index is 1380. The van der Waals surface area contributed by atoms with Crippen molar-refractivity contribution in [3.8, 4) is 23.0 Å². The van der Waals surface area contributed by atoms with E-state index in [-0.39, 0.29) is 64.3 Å². The second-order valence-electron chi connectivity index (χ2n) is 14.4. The van der Waals surface area contributed by atoms with Gasteiger partial charge >= 0.3 is 11.9 Å². The molecule has 0 radical (unpaired) electrons. The number of fused-ring (bicyclic) bond motifs is 2. The van der Waals surface area contributed by atoms with Crippen LogP contribution in [0.1, 0.15) is 136 Å². The molecule has 0 atom stereocenters. The SMILES string of the molecule is O=C(O)CCCCCCCCCCNC(=O)c1ccc2c(c1)OCCOCCOc1cc(C(=O)NCCCCCCCCCCC(=O)O)ccc1OCCOCCO2. The first-order chi connectivity index (χ1) is 28.3. The monoisotopic (exact) mass is 814 g/mol. The van der Waals surface area contributed by atoms with E-state index < -0.39 is 11.9 Å². The molecule has 0 bridgehead atoms. The Morgan fingerprint density at radius 2 is 0.724 bits per heavy atom. The number of ether oxygens (including phenoxy) is 6. The predicted molar refractivity (Wildman–Crippen MR) is 220 cm³/mol. The van der Waals surface area contributed by atoms with Crippen LogP contribution in [-0.2, 0) is 19.1 Å². The van der Waals surface area contributed by atoms with Gasteiger partial charge in [0.25, 0.3) is 11.8 Å². The van der Waals surface area contributed by atoms with Gasteiger partial charge in [0, 0.05) is 37.1 Å². The second-order valence-corrected chi connectivity index (χ2v) is 14.4. The molecule has 58 heavy (non-hydrogen) atoms. The van der Waals surface area contributed by atoms with Crippen molar-refractivity contribution in [3.05, 3.63) is 47.5 Å². The van der Waals surface area contributed by atoms with Crippen LogP contribution in [0.2, 0.25) is 0 Å². The Morgan fingerprint density at radius 3 is 1.07 bits per heavy atom. The van der Waals surface area contributed by atoms with E-state index >= 15 is 0 Å². The Morgan fingerprint density at radius 1 is 0.414 bits per heavy atom. The third-order valence-electron chi connectivity index (χ3n) is 9.56.